The standard InChI is InChI=1S/C17H21NO3/c1-17(16(20)21,14-7-8-14)18-15(19)10-11-5-6-12-3-2-4-13(12)9-11/h5-6,9,14H,2-4,7-8,10H2,1H3,(H,18,19)(H,20,21). The van der Waals surface area contributed by atoms with E-state index in [-0.39, 0.29) is 18.2 Å². The molecule has 112 valence electrons. The molecule has 0 bridgehead atoms. The molecule has 1 fully saturated rings. The number of benzene rings is 1. The van der Waals surface area contributed by atoms with Crippen LogP contribution in [0, 0.1) is 5.92 Å². The van der Waals surface area contributed by atoms with Crippen LogP contribution in [-0.4, -0.2) is 22.5 Å². The summed E-state index contributed by atoms with van der Waals surface area (Å²) in [6.45, 7) is 1.62. The molecular formula is C17H21NO3. The van der Waals surface area contributed by atoms with Crippen LogP contribution in [-0.2, 0) is 28.9 Å². The number of carbonyl (C=O) groups is 2. The van der Waals surface area contributed by atoms with Gasteiger partial charge in [0.1, 0.15) is 5.54 Å². The molecule has 1 aromatic carbocycles. The van der Waals surface area contributed by atoms with E-state index >= 15 is 0 Å². The molecule has 4 heteroatoms. The van der Waals surface area contributed by atoms with Crippen LogP contribution >= 0.6 is 0 Å². The quantitative estimate of drug-likeness (QED) is 0.871. The second kappa shape index (κ2) is 5.17. The summed E-state index contributed by atoms with van der Waals surface area (Å²) in [4.78, 5) is 23.6. The van der Waals surface area contributed by atoms with Gasteiger partial charge in [-0.05, 0) is 61.6 Å². The monoisotopic (exact) mass is 287 g/mol. The minimum absolute atomic E-state index is 0.0685. The lowest BCUT2D eigenvalue weighted by Gasteiger charge is -2.26. The van der Waals surface area contributed by atoms with E-state index in [0.29, 0.717) is 0 Å². The molecule has 0 saturated heterocycles. The molecule has 1 aromatic rings. The van der Waals surface area contributed by atoms with E-state index in [2.05, 4.69) is 17.4 Å². The molecule has 0 spiro atoms. The molecule has 1 amide bonds. The lowest BCUT2D eigenvalue weighted by molar-refractivity contribution is -0.147. The van der Waals surface area contributed by atoms with Crippen LogP contribution < -0.4 is 5.32 Å². The average molecular weight is 287 g/mol. The van der Waals surface area contributed by atoms with Gasteiger partial charge >= 0.3 is 5.97 Å². The summed E-state index contributed by atoms with van der Waals surface area (Å²) in [5.41, 5.74) is 2.57. The first kappa shape index (κ1) is 14.1. The minimum Gasteiger partial charge on any atom is -0.480 e. The Balaban J connectivity index is 1.67. The maximum Gasteiger partial charge on any atom is 0.329 e. The van der Waals surface area contributed by atoms with Gasteiger partial charge in [-0.25, -0.2) is 4.79 Å². The van der Waals surface area contributed by atoms with Crippen molar-refractivity contribution in [2.75, 3.05) is 0 Å². The topological polar surface area (TPSA) is 66.4 Å². The molecule has 1 atom stereocenters. The van der Waals surface area contributed by atoms with Crippen molar-refractivity contribution in [3.8, 4) is 0 Å². The lowest BCUT2D eigenvalue weighted by Crippen LogP contribution is -2.54. The van der Waals surface area contributed by atoms with Crippen LogP contribution in [0.25, 0.3) is 0 Å². The SMILES string of the molecule is CC(NC(=O)Cc1ccc2c(c1)CCC2)(C(=O)O)C1CC1. The van der Waals surface area contributed by atoms with E-state index in [0.717, 1.165) is 31.2 Å². The fourth-order valence-electron chi connectivity index (χ4n) is 3.25. The highest BCUT2D eigenvalue weighted by Crippen LogP contribution is 2.39. The van der Waals surface area contributed by atoms with Crippen molar-refractivity contribution in [1.29, 1.82) is 0 Å². The molecule has 3 rings (SSSR count). The highest BCUT2D eigenvalue weighted by Gasteiger charge is 2.48. The zero-order valence-electron chi connectivity index (χ0n) is 12.3. The van der Waals surface area contributed by atoms with Gasteiger partial charge in [0.25, 0.3) is 0 Å². The van der Waals surface area contributed by atoms with E-state index < -0.39 is 11.5 Å². The van der Waals surface area contributed by atoms with E-state index in [1.807, 2.05) is 6.07 Å². The van der Waals surface area contributed by atoms with Crippen molar-refractivity contribution in [3.05, 3.63) is 34.9 Å². The third kappa shape index (κ3) is 2.80. The van der Waals surface area contributed by atoms with E-state index in [1.165, 1.54) is 17.5 Å². The molecule has 4 nitrogen and oxygen atoms in total. The molecular weight excluding hydrogens is 266 g/mol. The van der Waals surface area contributed by atoms with Crippen molar-refractivity contribution in [1.82, 2.24) is 5.32 Å². The number of fused-ring (bicyclic) bond motifs is 1. The molecule has 2 aliphatic carbocycles. The van der Waals surface area contributed by atoms with Crippen LogP contribution in [0.2, 0.25) is 0 Å². The molecule has 21 heavy (non-hydrogen) atoms. The molecule has 1 saturated carbocycles. The molecule has 1 unspecified atom stereocenters. The van der Waals surface area contributed by atoms with Gasteiger partial charge in [0.05, 0.1) is 6.42 Å². The molecule has 0 aliphatic heterocycles. The molecule has 2 N–H and O–H groups in total. The maximum atomic E-state index is 12.2. The Hall–Kier alpha value is -1.84. The predicted octanol–water partition coefficient (Wildman–Crippen LogP) is 2.09. The summed E-state index contributed by atoms with van der Waals surface area (Å²) in [5, 5.41) is 12.1. The van der Waals surface area contributed by atoms with Gasteiger partial charge in [-0.3, -0.25) is 4.79 Å². The largest absolute Gasteiger partial charge is 0.480 e. The smallest absolute Gasteiger partial charge is 0.329 e. The Kier molecular flexibility index (Phi) is 3.47. The van der Waals surface area contributed by atoms with E-state index in [9.17, 15) is 14.7 Å². The number of carboxylic acids is 1. The fraction of sp³-hybridized carbons (Fsp3) is 0.529. The Morgan fingerprint density at radius 2 is 2.00 bits per heavy atom. The normalized spacial score (nSPS) is 19.7. The average Bonchev–Trinajstić information content (AvgIpc) is 3.18. The Bertz CT molecular complexity index is 592. The van der Waals surface area contributed by atoms with Crippen LogP contribution in [0.5, 0.6) is 0 Å². The van der Waals surface area contributed by atoms with Crippen molar-refractivity contribution in [3.63, 3.8) is 0 Å². The zero-order chi connectivity index (χ0) is 15.0. The van der Waals surface area contributed by atoms with Gasteiger partial charge in [-0.1, -0.05) is 18.2 Å². The summed E-state index contributed by atoms with van der Waals surface area (Å²) in [6, 6.07) is 6.18. The first-order chi connectivity index (χ1) is 9.99. The Morgan fingerprint density at radius 3 is 2.67 bits per heavy atom. The highest BCUT2D eigenvalue weighted by atomic mass is 16.4. The summed E-state index contributed by atoms with van der Waals surface area (Å²) in [6.07, 6.45) is 5.40. The van der Waals surface area contributed by atoms with Crippen molar-refractivity contribution >= 4 is 11.9 Å². The van der Waals surface area contributed by atoms with Gasteiger partial charge in [-0.2, -0.15) is 0 Å². The van der Waals surface area contributed by atoms with Crippen molar-refractivity contribution in [2.24, 2.45) is 5.92 Å². The minimum atomic E-state index is -1.12. The third-order valence-corrected chi connectivity index (χ3v) is 4.76. The number of nitrogens with one attached hydrogen (secondary N) is 1. The summed E-state index contributed by atoms with van der Waals surface area (Å²) in [5.74, 6) is -1.07. The van der Waals surface area contributed by atoms with E-state index in [1.54, 1.807) is 6.92 Å². The second-order valence-electron chi connectivity index (χ2n) is 6.46. The van der Waals surface area contributed by atoms with Crippen LogP contribution in [0.3, 0.4) is 0 Å². The number of carboxylic acid groups (broad SMARTS) is 1. The number of hydrogen-bond donors (Lipinski definition) is 2. The predicted molar refractivity (Wildman–Crippen MR) is 79.1 cm³/mol. The molecule has 0 heterocycles. The highest BCUT2D eigenvalue weighted by molar-refractivity contribution is 5.88. The van der Waals surface area contributed by atoms with Crippen LogP contribution in [0.4, 0.5) is 0 Å². The van der Waals surface area contributed by atoms with Gasteiger partial charge in [-0.15, -0.1) is 0 Å². The van der Waals surface area contributed by atoms with E-state index in [4.69, 9.17) is 0 Å². The first-order valence-corrected chi connectivity index (χ1v) is 7.64. The van der Waals surface area contributed by atoms with Gasteiger partial charge in [0.2, 0.25) is 5.91 Å². The van der Waals surface area contributed by atoms with Crippen LogP contribution in [0.15, 0.2) is 18.2 Å². The summed E-state index contributed by atoms with van der Waals surface area (Å²) in [7, 11) is 0. The number of hydrogen-bond acceptors (Lipinski definition) is 2. The van der Waals surface area contributed by atoms with Crippen molar-refractivity contribution < 1.29 is 14.7 Å². The summed E-state index contributed by atoms with van der Waals surface area (Å²) >= 11 is 0. The number of aryl methyl sites for hydroxylation is 2. The number of amides is 1. The Morgan fingerprint density at radius 1 is 1.29 bits per heavy atom. The van der Waals surface area contributed by atoms with Gasteiger partial charge in [0, 0.05) is 0 Å². The first-order valence-electron chi connectivity index (χ1n) is 7.64. The molecule has 2 aliphatic rings. The number of aliphatic carboxylic acids is 1. The molecule has 0 aromatic heterocycles. The fourth-order valence-corrected chi connectivity index (χ4v) is 3.25. The van der Waals surface area contributed by atoms with Crippen LogP contribution in [0.1, 0.15) is 42.9 Å². The zero-order valence-corrected chi connectivity index (χ0v) is 12.3. The van der Waals surface area contributed by atoms with Gasteiger partial charge in [0.15, 0.2) is 0 Å². The second-order valence-corrected chi connectivity index (χ2v) is 6.46. The van der Waals surface area contributed by atoms with Crippen molar-refractivity contribution in [2.45, 2.75) is 51.0 Å². The number of carbonyl (C=O) groups excluding carboxylic acids is 1. The Labute approximate surface area is 124 Å². The molecule has 0 radical (unpaired) electrons. The number of rotatable bonds is 5. The lowest BCUT2D eigenvalue weighted by atomic mass is 9.95. The maximum absolute atomic E-state index is 12.2. The summed E-state index contributed by atoms with van der Waals surface area (Å²) < 4.78 is 0. The van der Waals surface area contributed by atoms with Gasteiger partial charge < -0.3 is 10.4 Å². The third-order valence-electron chi connectivity index (χ3n) is 4.76.